The van der Waals surface area contributed by atoms with Gasteiger partial charge < -0.3 is 10.1 Å². The van der Waals surface area contributed by atoms with Gasteiger partial charge >= 0.3 is 6.18 Å². The molecule has 2 rings (SSSR count). The molecule has 1 atom stereocenters. The SMILES string of the molecule is N#Cc1ccc(O[C@H]2CNCC2(F)F)cc1C(F)(F)F. The highest BCUT2D eigenvalue weighted by Gasteiger charge is 2.46. The van der Waals surface area contributed by atoms with Crippen molar-refractivity contribution in [3.8, 4) is 11.8 Å². The minimum Gasteiger partial charge on any atom is -0.483 e. The lowest BCUT2D eigenvalue weighted by molar-refractivity contribution is -0.138. The van der Waals surface area contributed by atoms with Gasteiger partial charge in [0, 0.05) is 6.54 Å². The fourth-order valence-electron chi connectivity index (χ4n) is 1.85. The number of nitrogens with one attached hydrogen (secondary N) is 1. The Hall–Kier alpha value is -1.88. The van der Waals surface area contributed by atoms with E-state index in [-0.39, 0.29) is 12.3 Å². The van der Waals surface area contributed by atoms with Gasteiger partial charge in [0.2, 0.25) is 0 Å². The van der Waals surface area contributed by atoms with E-state index in [0.717, 1.165) is 12.1 Å². The van der Waals surface area contributed by atoms with Gasteiger partial charge in [0.15, 0.2) is 6.10 Å². The first-order valence-electron chi connectivity index (χ1n) is 5.60. The number of nitriles is 1. The van der Waals surface area contributed by atoms with Gasteiger partial charge in [0.05, 0.1) is 23.7 Å². The average molecular weight is 292 g/mol. The van der Waals surface area contributed by atoms with E-state index in [2.05, 4.69) is 5.32 Å². The summed E-state index contributed by atoms with van der Waals surface area (Å²) >= 11 is 0. The molecule has 3 nitrogen and oxygen atoms in total. The summed E-state index contributed by atoms with van der Waals surface area (Å²) in [5.74, 6) is -3.49. The number of hydrogen-bond acceptors (Lipinski definition) is 3. The topological polar surface area (TPSA) is 45.0 Å². The molecule has 0 saturated carbocycles. The monoisotopic (exact) mass is 292 g/mol. The second kappa shape index (κ2) is 4.90. The summed E-state index contributed by atoms with van der Waals surface area (Å²) in [6.45, 7) is -0.742. The molecule has 0 spiro atoms. The predicted octanol–water partition coefficient (Wildman–Crippen LogP) is 2.56. The smallest absolute Gasteiger partial charge is 0.417 e. The van der Waals surface area contributed by atoms with E-state index in [0.29, 0.717) is 6.07 Å². The van der Waals surface area contributed by atoms with Gasteiger partial charge in [0.1, 0.15) is 5.75 Å². The summed E-state index contributed by atoms with van der Waals surface area (Å²) in [6, 6.07) is 3.94. The zero-order chi connectivity index (χ0) is 15.0. The molecule has 1 aromatic rings. The van der Waals surface area contributed by atoms with Gasteiger partial charge in [-0.3, -0.25) is 0 Å². The molecule has 0 aliphatic carbocycles. The molecule has 8 heteroatoms. The van der Waals surface area contributed by atoms with E-state index >= 15 is 0 Å². The van der Waals surface area contributed by atoms with Crippen LogP contribution in [0.4, 0.5) is 22.0 Å². The lowest BCUT2D eigenvalue weighted by atomic mass is 10.1. The predicted molar refractivity (Wildman–Crippen MR) is 58.4 cm³/mol. The summed E-state index contributed by atoms with van der Waals surface area (Å²) in [4.78, 5) is 0. The van der Waals surface area contributed by atoms with Crippen molar-refractivity contribution in [2.45, 2.75) is 18.2 Å². The molecule has 1 aliphatic rings. The lowest BCUT2D eigenvalue weighted by Crippen LogP contribution is -2.36. The maximum atomic E-state index is 13.3. The number of nitrogens with zero attached hydrogens (tertiary/aromatic N) is 1. The number of hydrogen-bond donors (Lipinski definition) is 1. The van der Waals surface area contributed by atoms with E-state index in [1.807, 2.05) is 0 Å². The van der Waals surface area contributed by atoms with Crippen LogP contribution in [0.2, 0.25) is 0 Å². The molecule has 0 aromatic heterocycles. The molecule has 0 amide bonds. The molecule has 1 heterocycles. The Morgan fingerprint density at radius 3 is 2.55 bits per heavy atom. The molecule has 108 valence electrons. The Morgan fingerprint density at radius 2 is 2.05 bits per heavy atom. The number of ether oxygens (including phenoxy) is 1. The number of alkyl halides is 5. The quantitative estimate of drug-likeness (QED) is 0.852. The van der Waals surface area contributed by atoms with Crippen LogP contribution in [-0.4, -0.2) is 25.1 Å². The second-order valence-electron chi connectivity index (χ2n) is 4.32. The normalized spacial score (nSPS) is 21.5. The largest absolute Gasteiger partial charge is 0.483 e. The van der Waals surface area contributed by atoms with Crippen molar-refractivity contribution in [1.29, 1.82) is 5.26 Å². The van der Waals surface area contributed by atoms with Gasteiger partial charge in [0.25, 0.3) is 5.92 Å². The lowest BCUT2D eigenvalue weighted by Gasteiger charge is -2.20. The highest BCUT2D eigenvalue weighted by molar-refractivity contribution is 5.44. The van der Waals surface area contributed by atoms with E-state index in [1.165, 1.54) is 6.07 Å². The Labute approximate surface area is 110 Å². The number of halogens is 5. The van der Waals surface area contributed by atoms with E-state index in [9.17, 15) is 22.0 Å². The Kier molecular flexibility index (Phi) is 3.56. The molecule has 0 bridgehead atoms. The Morgan fingerprint density at radius 1 is 1.35 bits per heavy atom. The van der Waals surface area contributed by atoms with Crippen molar-refractivity contribution in [3.05, 3.63) is 29.3 Å². The highest BCUT2D eigenvalue weighted by atomic mass is 19.4. The molecular formula is C12H9F5N2O. The van der Waals surface area contributed by atoms with Gasteiger partial charge in [-0.25, -0.2) is 8.78 Å². The third-order valence-electron chi connectivity index (χ3n) is 2.86. The van der Waals surface area contributed by atoms with Gasteiger partial charge in [-0.15, -0.1) is 0 Å². The van der Waals surface area contributed by atoms with E-state index in [1.54, 1.807) is 0 Å². The fourth-order valence-corrected chi connectivity index (χ4v) is 1.85. The third-order valence-corrected chi connectivity index (χ3v) is 2.86. The number of rotatable bonds is 2. The van der Waals surface area contributed by atoms with Gasteiger partial charge in [-0.2, -0.15) is 18.4 Å². The summed E-state index contributed by atoms with van der Waals surface area (Å²) < 4.78 is 69.7. The van der Waals surface area contributed by atoms with Gasteiger partial charge in [-0.1, -0.05) is 0 Å². The first-order chi connectivity index (χ1) is 9.24. The third kappa shape index (κ3) is 2.82. The van der Waals surface area contributed by atoms with E-state index < -0.39 is 35.9 Å². The highest BCUT2D eigenvalue weighted by Crippen LogP contribution is 2.35. The maximum Gasteiger partial charge on any atom is 0.417 e. The minimum atomic E-state index is -4.75. The van der Waals surface area contributed by atoms with Crippen molar-refractivity contribution in [1.82, 2.24) is 5.32 Å². The Balaban J connectivity index is 2.29. The van der Waals surface area contributed by atoms with Crippen LogP contribution < -0.4 is 10.1 Å². The van der Waals surface area contributed by atoms with Crippen LogP contribution in [0.1, 0.15) is 11.1 Å². The molecule has 1 N–H and O–H groups in total. The van der Waals surface area contributed by atoms with Crippen LogP contribution in [0.25, 0.3) is 0 Å². The van der Waals surface area contributed by atoms with Crippen LogP contribution in [0.15, 0.2) is 18.2 Å². The summed E-state index contributed by atoms with van der Waals surface area (Å²) in [5.41, 5.74) is -1.78. The van der Waals surface area contributed by atoms with Crippen molar-refractivity contribution in [2.24, 2.45) is 0 Å². The zero-order valence-electron chi connectivity index (χ0n) is 9.97. The van der Waals surface area contributed by atoms with Crippen LogP contribution >= 0.6 is 0 Å². The standard InChI is InChI=1S/C12H9F5N2O/c13-11(14)6-19-5-10(11)20-8-2-1-7(4-18)9(3-8)12(15,16)17/h1-3,10,19H,5-6H2/t10-/m0/s1. The summed E-state index contributed by atoms with van der Waals surface area (Å²) in [6.07, 6.45) is -6.28. The Bertz CT molecular complexity index is 550. The summed E-state index contributed by atoms with van der Waals surface area (Å²) in [7, 11) is 0. The molecule has 20 heavy (non-hydrogen) atoms. The van der Waals surface area contributed by atoms with Gasteiger partial charge in [-0.05, 0) is 18.2 Å². The van der Waals surface area contributed by atoms with Crippen LogP contribution in [-0.2, 0) is 6.18 Å². The van der Waals surface area contributed by atoms with Crippen molar-refractivity contribution in [2.75, 3.05) is 13.1 Å². The zero-order valence-corrected chi connectivity index (χ0v) is 9.97. The number of benzene rings is 1. The molecule has 1 aliphatic heterocycles. The van der Waals surface area contributed by atoms with Crippen LogP contribution in [0.3, 0.4) is 0 Å². The van der Waals surface area contributed by atoms with Crippen molar-refractivity contribution in [3.63, 3.8) is 0 Å². The van der Waals surface area contributed by atoms with Crippen LogP contribution in [0.5, 0.6) is 5.75 Å². The second-order valence-corrected chi connectivity index (χ2v) is 4.32. The molecule has 0 radical (unpaired) electrons. The maximum absolute atomic E-state index is 13.3. The molecule has 0 unspecified atom stereocenters. The molecule has 1 aromatic carbocycles. The first kappa shape index (κ1) is 14.5. The summed E-state index contributed by atoms with van der Waals surface area (Å²) in [5, 5.41) is 11.0. The molecule has 1 saturated heterocycles. The van der Waals surface area contributed by atoms with Crippen molar-refractivity contribution < 1.29 is 26.7 Å². The van der Waals surface area contributed by atoms with E-state index in [4.69, 9.17) is 10.00 Å². The van der Waals surface area contributed by atoms with Crippen LogP contribution in [0, 0.1) is 11.3 Å². The average Bonchev–Trinajstić information content (AvgIpc) is 2.67. The minimum absolute atomic E-state index is 0.158. The molecule has 1 fully saturated rings. The van der Waals surface area contributed by atoms with Crippen molar-refractivity contribution >= 4 is 0 Å². The molecular weight excluding hydrogens is 283 g/mol. The fraction of sp³-hybridized carbons (Fsp3) is 0.417. The first-order valence-corrected chi connectivity index (χ1v) is 5.60.